The minimum absolute atomic E-state index is 0.126. The summed E-state index contributed by atoms with van der Waals surface area (Å²) < 4.78 is 16.0. The van der Waals surface area contributed by atoms with E-state index in [2.05, 4.69) is 58.2 Å². The normalized spacial score (nSPS) is 14.6. The number of halogens is 1. The molecular formula is C27H29FN6O. The van der Waals surface area contributed by atoms with Crippen molar-refractivity contribution in [2.75, 3.05) is 36.4 Å². The number of imidazole rings is 1. The maximum Gasteiger partial charge on any atom is 0.248 e. The maximum atomic E-state index is 14.1. The van der Waals surface area contributed by atoms with Crippen LogP contribution in [0.1, 0.15) is 24.2 Å². The number of nitrogens with zero attached hydrogens (tertiary/aromatic N) is 4. The quantitative estimate of drug-likeness (QED) is 0.432. The Morgan fingerprint density at radius 1 is 1.03 bits per heavy atom. The van der Waals surface area contributed by atoms with Crippen LogP contribution in [-0.2, 0) is 0 Å². The van der Waals surface area contributed by atoms with Gasteiger partial charge >= 0.3 is 0 Å². The molecule has 4 aromatic rings. The number of fused-ring (bicyclic) bond motifs is 1. The van der Waals surface area contributed by atoms with Gasteiger partial charge in [-0.1, -0.05) is 0 Å². The number of nitrogens with two attached hydrogens (primary N) is 1. The highest BCUT2D eigenvalue weighted by molar-refractivity contribution is 5.94. The van der Waals surface area contributed by atoms with E-state index in [-0.39, 0.29) is 5.56 Å². The maximum absolute atomic E-state index is 14.1. The number of amides is 1. The van der Waals surface area contributed by atoms with Crippen LogP contribution in [0.3, 0.4) is 0 Å². The number of carbonyl (C=O) groups excluding carboxylic acids is 1. The van der Waals surface area contributed by atoms with Gasteiger partial charge in [-0.05, 0) is 68.4 Å². The molecule has 0 unspecified atom stereocenters. The minimum Gasteiger partial charge on any atom is -0.369 e. The topological polar surface area (TPSA) is 78.9 Å². The molecule has 0 spiro atoms. The number of pyridine rings is 1. The fourth-order valence-electron chi connectivity index (χ4n) is 4.63. The van der Waals surface area contributed by atoms with Gasteiger partial charge in [0.2, 0.25) is 5.91 Å². The Kier molecular flexibility index (Phi) is 6.13. The third kappa shape index (κ3) is 4.70. The molecule has 1 aliphatic rings. The number of hydrogen-bond acceptors (Lipinski definition) is 5. The monoisotopic (exact) mass is 472 g/mol. The van der Waals surface area contributed by atoms with Crippen LogP contribution in [0.4, 0.5) is 21.5 Å². The first-order valence-corrected chi connectivity index (χ1v) is 11.8. The predicted octanol–water partition coefficient (Wildman–Crippen LogP) is 4.51. The van der Waals surface area contributed by atoms with E-state index in [0.717, 1.165) is 43.6 Å². The molecule has 1 saturated heterocycles. The molecule has 0 atom stereocenters. The number of nitrogens with one attached hydrogen (secondary N) is 1. The highest BCUT2D eigenvalue weighted by atomic mass is 19.1. The lowest BCUT2D eigenvalue weighted by Crippen LogP contribution is -2.48. The van der Waals surface area contributed by atoms with Gasteiger partial charge in [-0.3, -0.25) is 14.1 Å². The summed E-state index contributed by atoms with van der Waals surface area (Å²) in [7, 11) is 0. The van der Waals surface area contributed by atoms with Crippen molar-refractivity contribution < 1.29 is 9.18 Å². The van der Waals surface area contributed by atoms with Crippen molar-refractivity contribution in [3.8, 4) is 11.3 Å². The summed E-state index contributed by atoms with van der Waals surface area (Å²) in [4.78, 5) is 21.0. The molecule has 180 valence electrons. The average Bonchev–Trinajstić information content (AvgIpc) is 3.35. The number of anilines is 3. The van der Waals surface area contributed by atoms with Crippen molar-refractivity contribution in [2.24, 2.45) is 5.73 Å². The first-order chi connectivity index (χ1) is 16.9. The van der Waals surface area contributed by atoms with Gasteiger partial charge in [-0.25, -0.2) is 9.37 Å². The van der Waals surface area contributed by atoms with Gasteiger partial charge in [-0.2, -0.15) is 0 Å². The number of benzene rings is 2. The van der Waals surface area contributed by atoms with E-state index in [1.807, 2.05) is 22.7 Å². The molecule has 2 aromatic heterocycles. The van der Waals surface area contributed by atoms with E-state index < -0.39 is 11.7 Å². The van der Waals surface area contributed by atoms with Crippen LogP contribution in [0.15, 0.2) is 67.0 Å². The van der Waals surface area contributed by atoms with Crippen molar-refractivity contribution >= 4 is 28.6 Å². The van der Waals surface area contributed by atoms with Crippen LogP contribution >= 0.6 is 0 Å². The van der Waals surface area contributed by atoms with Crippen LogP contribution in [-0.4, -0.2) is 52.4 Å². The van der Waals surface area contributed by atoms with Gasteiger partial charge in [0.25, 0.3) is 0 Å². The van der Waals surface area contributed by atoms with Gasteiger partial charge in [0, 0.05) is 67.1 Å². The second kappa shape index (κ2) is 9.38. The predicted molar refractivity (Wildman–Crippen MR) is 138 cm³/mol. The highest BCUT2D eigenvalue weighted by Gasteiger charge is 2.19. The molecule has 8 heteroatoms. The van der Waals surface area contributed by atoms with E-state index in [0.29, 0.717) is 22.9 Å². The minimum atomic E-state index is -0.670. The van der Waals surface area contributed by atoms with E-state index in [1.54, 1.807) is 12.3 Å². The molecule has 7 nitrogen and oxygen atoms in total. The van der Waals surface area contributed by atoms with Crippen molar-refractivity contribution in [3.05, 3.63) is 78.4 Å². The Bertz CT molecular complexity index is 1360. The number of aromatic nitrogens is 2. The van der Waals surface area contributed by atoms with E-state index in [4.69, 9.17) is 5.73 Å². The van der Waals surface area contributed by atoms with Crippen LogP contribution in [0.2, 0.25) is 0 Å². The molecule has 3 heterocycles. The summed E-state index contributed by atoms with van der Waals surface area (Å²) in [6, 6.07) is 16.9. The molecule has 0 saturated carbocycles. The van der Waals surface area contributed by atoms with Crippen molar-refractivity contribution in [2.45, 2.75) is 19.9 Å². The second-order valence-corrected chi connectivity index (χ2v) is 9.13. The fourth-order valence-corrected chi connectivity index (χ4v) is 4.63. The summed E-state index contributed by atoms with van der Waals surface area (Å²) in [5, 5.41) is 3.45. The number of piperazine rings is 1. The van der Waals surface area contributed by atoms with Crippen molar-refractivity contribution in [3.63, 3.8) is 0 Å². The molecule has 35 heavy (non-hydrogen) atoms. The Morgan fingerprint density at radius 2 is 1.77 bits per heavy atom. The second-order valence-electron chi connectivity index (χ2n) is 9.13. The molecule has 0 bridgehead atoms. The zero-order valence-corrected chi connectivity index (χ0v) is 19.9. The first kappa shape index (κ1) is 22.9. The fraction of sp³-hybridized carbons (Fsp3) is 0.259. The van der Waals surface area contributed by atoms with E-state index in [1.165, 1.54) is 11.8 Å². The van der Waals surface area contributed by atoms with Gasteiger partial charge < -0.3 is 16.0 Å². The lowest BCUT2D eigenvalue weighted by molar-refractivity contribution is 0.1000. The summed E-state index contributed by atoms with van der Waals surface area (Å²) in [6.07, 6.45) is 3.50. The van der Waals surface area contributed by atoms with Crippen LogP contribution < -0.4 is 16.0 Å². The van der Waals surface area contributed by atoms with Gasteiger partial charge in [-0.15, -0.1) is 0 Å². The molecule has 0 aliphatic carbocycles. The summed E-state index contributed by atoms with van der Waals surface area (Å²) in [5.74, 6) is -1.19. The van der Waals surface area contributed by atoms with Crippen LogP contribution in [0.5, 0.6) is 0 Å². The van der Waals surface area contributed by atoms with Gasteiger partial charge in [0.15, 0.2) is 5.65 Å². The Labute approximate surface area is 204 Å². The average molecular weight is 473 g/mol. The summed E-state index contributed by atoms with van der Waals surface area (Å²) >= 11 is 0. The van der Waals surface area contributed by atoms with E-state index in [9.17, 15) is 9.18 Å². The largest absolute Gasteiger partial charge is 0.369 e. The number of primary amides is 1. The molecule has 3 N–H and O–H groups in total. The number of carbonyl (C=O) groups is 1. The van der Waals surface area contributed by atoms with Gasteiger partial charge in [0.1, 0.15) is 5.82 Å². The molecule has 1 fully saturated rings. The van der Waals surface area contributed by atoms with Crippen LogP contribution in [0.25, 0.3) is 16.9 Å². The molecular weight excluding hydrogens is 443 g/mol. The molecule has 0 radical (unpaired) electrons. The smallest absolute Gasteiger partial charge is 0.248 e. The highest BCUT2D eigenvalue weighted by Crippen LogP contribution is 2.29. The van der Waals surface area contributed by atoms with E-state index >= 15 is 0 Å². The summed E-state index contributed by atoms with van der Waals surface area (Å²) in [6.45, 7) is 8.70. The zero-order chi connectivity index (χ0) is 24.5. The molecule has 2 aromatic carbocycles. The van der Waals surface area contributed by atoms with Gasteiger partial charge in [0.05, 0.1) is 11.4 Å². The molecule has 5 rings (SSSR count). The third-order valence-electron chi connectivity index (χ3n) is 6.58. The SMILES string of the molecule is CC(C)N1CCN(c2ccc(Nc3ccc(-c4cc(F)cc(C(N)=O)c4)n4ccnc34)cc2)CC1. The number of hydrogen-bond donors (Lipinski definition) is 2. The lowest BCUT2D eigenvalue weighted by atomic mass is 10.1. The third-order valence-corrected chi connectivity index (χ3v) is 6.58. The van der Waals surface area contributed by atoms with Crippen LogP contribution in [0, 0.1) is 5.82 Å². The van der Waals surface area contributed by atoms with Crippen molar-refractivity contribution in [1.82, 2.24) is 14.3 Å². The molecule has 1 aliphatic heterocycles. The Morgan fingerprint density at radius 3 is 2.46 bits per heavy atom. The first-order valence-electron chi connectivity index (χ1n) is 11.8. The summed E-state index contributed by atoms with van der Waals surface area (Å²) in [5.41, 5.74) is 10.4. The van der Waals surface area contributed by atoms with Crippen molar-refractivity contribution in [1.29, 1.82) is 0 Å². The molecule has 1 amide bonds. The Balaban J connectivity index is 1.37. The lowest BCUT2D eigenvalue weighted by Gasteiger charge is -2.38. The Hall–Kier alpha value is -3.91. The zero-order valence-electron chi connectivity index (χ0n) is 19.9. The number of rotatable bonds is 6. The standard InChI is InChI=1S/C27H29FN6O/c1-18(2)32-11-13-33(14-12-32)23-5-3-22(4-6-23)31-24-7-8-25(34-10-9-30-27(24)34)19-15-20(26(29)35)17-21(28)16-19/h3-10,15-18,31H,11-14H2,1-2H3,(H2,29,35).